The molecule has 0 aromatic rings. The van der Waals surface area contributed by atoms with Crippen molar-refractivity contribution in [1.29, 1.82) is 0 Å². The number of carbonyl (C=O) groups is 2. The summed E-state index contributed by atoms with van der Waals surface area (Å²) in [7, 11) is 0. The van der Waals surface area contributed by atoms with Crippen LogP contribution in [0.3, 0.4) is 0 Å². The summed E-state index contributed by atoms with van der Waals surface area (Å²) in [4.78, 5) is 24.4. The van der Waals surface area contributed by atoms with Gasteiger partial charge in [0.1, 0.15) is 5.78 Å². The minimum absolute atomic E-state index is 0.104. The molecule has 2 atom stereocenters. The van der Waals surface area contributed by atoms with Crippen LogP contribution < -0.4 is 0 Å². The summed E-state index contributed by atoms with van der Waals surface area (Å²) in [5.74, 6) is 1.38. The van der Waals surface area contributed by atoms with Crippen molar-refractivity contribution in [2.24, 2.45) is 23.2 Å². The molecule has 0 bridgehead atoms. The summed E-state index contributed by atoms with van der Waals surface area (Å²) >= 11 is 0. The molecule has 0 aromatic heterocycles. The van der Waals surface area contributed by atoms with Gasteiger partial charge in [-0.3, -0.25) is 9.59 Å². The smallest absolute Gasteiger partial charge is 0.158 e. The number of allylic oxidation sites excluding steroid dienone is 2. The maximum atomic E-state index is 12.6. The van der Waals surface area contributed by atoms with Crippen LogP contribution in [0.5, 0.6) is 0 Å². The van der Waals surface area contributed by atoms with Crippen molar-refractivity contribution in [3.8, 4) is 0 Å². The second kappa shape index (κ2) is 7.10. The molecule has 0 aliphatic heterocycles. The van der Waals surface area contributed by atoms with Gasteiger partial charge < -0.3 is 0 Å². The van der Waals surface area contributed by atoms with Crippen molar-refractivity contribution < 1.29 is 9.59 Å². The molecular weight excluding hydrogens is 272 g/mol. The van der Waals surface area contributed by atoms with E-state index in [0.717, 1.165) is 19.3 Å². The van der Waals surface area contributed by atoms with Crippen LogP contribution in [0, 0.1) is 23.2 Å². The van der Waals surface area contributed by atoms with Crippen LogP contribution >= 0.6 is 0 Å². The van der Waals surface area contributed by atoms with Gasteiger partial charge in [0, 0.05) is 11.8 Å². The summed E-state index contributed by atoms with van der Waals surface area (Å²) in [6.45, 7) is 8.22. The molecule has 22 heavy (non-hydrogen) atoms. The lowest BCUT2D eigenvalue weighted by Gasteiger charge is -2.36. The standard InChI is InChI=1S/C20H32O2/c1-14(17-8-6-5-7-9-17)19(22)11-16-10-18(15(2)21)13-20(3,4)12-16/h11,14,17-18H,5-10,12-13H2,1-4H3/b16-11-. The highest BCUT2D eigenvalue weighted by Crippen LogP contribution is 2.42. The third-order valence-electron chi connectivity index (χ3n) is 5.74. The first-order chi connectivity index (χ1) is 10.3. The van der Waals surface area contributed by atoms with Crippen molar-refractivity contribution in [2.45, 2.75) is 79.1 Å². The Kier molecular flexibility index (Phi) is 5.63. The molecule has 2 fully saturated rings. The molecule has 2 nitrogen and oxygen atoms in total. The van der Waals surface area contributed by atoms with Crippen LogP contribution in [0.4, 0.5) is 0 Å². The average molecular weight is 304 g/mol. The molecule has 0 N–H and O–H groups in total. The molecule has 2 rings (SSSR count). The topological polar surface area (TPSA) is 34.1 Å². The maximum Gasteiger partial charge on any atom is 0.158 e. The van der Waals surface area contributed by atoms with Crippen molar-refractivity contribution in [3.05, 3.63) is 11.6 Å². The third kappa shape index (κ3) is 4.54. The lowest BCUT2D eigenvalue weighted by atomic mass is 9.68. The molecule has 2 saturated carbocycles. The Bertz CT molecular complexity index is 452. The second-order valence-corrected chi connectivity index (χ2v) is 8.45. The normalized spacial score (nSPS) is 29.3. The van der Waals surface area contributed by atoms with Crippen LogP contribution in [0.25, 0.3) is 0 Å². The van der Waals surface area contributed by atoms with E-state index in [9.17, 15) is 9.59 Å². The van der Waals surface area contributed by atoms with E-state index in [4.69, 9.17) is 0 Å². The van der Waals surface area contributed by atoms with E-state index in [1.54, 1.807) is 6.92 Å². The number of rotatable bonds is 4. The lowest BCUT2D eigenvalue weighted by molar-refractivity contribution is -0.122. The molecule has 2 heteroatoms. The van der Waals surface area contributed by atoms with Crippen molar-refractivity contribution in [3.63, 3.8) is 0 Å². The first-order valence-corrected chi connectivity index (χ1v) is 9.02. The number of ketones is 2. The van der Waals surface area contributed by atoms with Crippen LogP contribution in [0.2, 0.25) is 0 Å². The first kappa shape index (κ1) is 17.4. The van der Waals surface area contributed by atoms with Gasteiger partial charge >= 0.3 is 0 Å². The molecule has 0 radical (unpaired) electrons. The van der Waals surface area contributed by atoms with Gasteiger partial charge in [-0.1, -0.05) is 45.6 Å². The van der Waals surface area contributed by atoms with Gasteiger partial charge in [-0.05, 0) is 56.4 Å². The summed E-state index contributed by atoms with van der Waals surface area (Å²) in [6, 6.07) is 0. The van der Waals surface area contributed by atoms with Gasteiger partial charge in [-0.15, -0.1) is 0 Å². The Labute approximate surface area is 135 Å². The van der Waals surface area contributed by atoms with Gasteiger partial charge in [-0.25, -0.2) is 0 Å². The first-order valence-electron chi connectivity index (χ1n) is 9.02. The predicted molar refractivity (Wildman–Crippen MR) is 90.6 cm³/mol. The quantitative estimate of drug-likeness (QED) is 0.676. The van der Waals surface area contributed by atoms with E-state index in [-0.39, 0.29) is 23.0 Å². The molecule has 0 saturated heterocycles. The highest BCUT2D eigenvalue weighted by atomic mass is 16.1. The van der Waals surface area contributed by atoms with Gasteiger partial charge in [0.2, 0.25) is 0 Å². The number of hydrogen-bond donors (Lipinski definition) is 0. The van der Waals surface area contributed by atoms with Crippen molar-refractivity contribution in [2.75, 3.05) is 0 Å². The Morgan fingerprint density at radius 2 is 1.82 bits per heavy atom. The lowest BCUT2D eigenvalue weighted by Crippen LogP contribution is -2.29. The second-order valence-electron chi connectivity index (χ2n) is 8.45. The summed E-state index contributed by atoms with van der Waals surface area (Å²) < 4.78 is 0. The van der Waals surface area contributed by atoms with Crippen LogP contribution in [0.1, 0.15) is 79.1 Å². The number of Topliss-reactive ketones (excluding diaryl/α,β-unsaturated/α-hetero) is 1. The maximum absolute atomic E-state index is 12.6. The van der Waals surface area contributed by atoms with Gasteiger partial charge in [-0.2, -0.15) is 0 Å². The molecular formula is C20H32O2. The highest BCUT2D eigenvalue weighted by molar-refractivity contribution is 5.92. The van der Waals surface area contributed by atoms with Crippen LogP contribution in [-0.4, -0.2) is 11.6 Å². The van der Waals surface area contributed by atoms with E-state index >= 15 is 0 Å². The monoisotopic (exact) mass is 304 g/mol. The fourth-order valence-corrected chi connectivity index (χ4v) is 4.41. The average Bonchev–Trinajstić information content (AvgIpc) is 2.45. The molecule has 2 aliphatic rings. The van der Waals surface area contributed by atoms with Gasteiger partial charge in [0.05, 0.1) is 0 Å². The molecule has 2 aliphatic carbocycles. The molecule has 0 spiro atoms. The molecule has 2 unspecified atom stereocenters. The van der Waals surface area contributed by atoms with Gasteiger partial charge in [0.25, 0.3) is 0 Å². The minimum Gasteiger partial charge on any atom is -0.300 e. The molecule has 0 heterocycles. The predicted octanol–water partition coefficient (Wildman–Crippen LogP) is 5.11. The number of carbonyl (C=O) groups excluding carboxylic acids is 2. The minimum atomic E-state index is 0.104. The van der Waals surface area contributed by atoms with E-state index in [1.807, 2.05) is 6.08 Å². The zero-order valence-electron chi connectivity index (χ0n) is 14.8. The molecule has 124 valence electrons. The molecule has 0 amide bonds. The fourth-order valence-electron chi connectivity index (χ4n) is 4.41. The molecule has 0 aromatic carbocycles. The van der Waals surface area contributed by atoms with E-state index in [0.29, 0.717) is 11.7 Å². The summed E-state index contributed by atoms with van der Waals surface area (Å²) in [6.07, 6.45) is 10.9. The summed E-state index contributed by atoms with van der Waals surface area (Å²) in [5.41, 5.74) is 1.33. The van der Waals surface area contributed by atoms with E-state index in [2.05, 4.69) is 20.8 Å². The van der Waals surface area contributed by atoms with E-state index < -0.39 is 0 Å². The third-order valence-corrected chi connectivity index (χ3v) is 5.74. The van der Waals surface area contributed by atoms with Gasteiger partial charge in [0.15, 0.2) is 5.78 Å². The Morgan fingerprint density at radius 1 is 1.18 bits per heavy atom. The van der Waals surface area contributed by atoms with Crippen molar-refractivity contribution in [1.82, 2.24) is 0 Å². The number of hydrogen-bond acceptors (Lipinski definition) is 2. The zero-order chi connectivity index (χ0) is 16.3. The van der Waals surface area contributed by atoms with Crippen LogP contribution in [-0.2, 0) is 9.59 Å². The Hall–Kier alpha value is -0.920. The van der Waals surface area contributed by atoms with Crippen LogP contribution in [0.15, 0.2) is 11.6 Å². The Balaban J connectivity index is 2.05. The van der Waals surface area contributed by atoms with E-state index in [1.165, 1.54) is 37.7 Å². The SMILES string of the molecule is CC(=O)C1C/C(=C/C(=O)C(C)C2CCCCC2)CC(C)(C)C1. The summed E-state index contributed by atoms with van der Waals surface area (Å²) in [5, 5.41) is 0. The Morgan fingerprint density at radius 3 is 2.41 bits per heavy atom. The fraction of sp³-hybridized carbons (Fsp3) is 0.800. The highest BCUT2D eigenvalue weighted by Gasteiger charge is 2.33. The largest absolute Gasteiger partial charge is 0.300 e. The van der Waals surface area contributed by atoms with Crippen molar-refractivity contribution >= 4 is 11.6 Å². The zero-order valence-corrected chi connectivity index (χ0v) is 14.8.